The normalized spacial score (nSPS) is 10.9. The maximum atomic E-state index is 11.8. The second-order valence-electron chi connectivity index (χ2n) is 6.64. The minimum absolute atomic E-state index is 0.263. The average molecular weight is 389 g/mol. The maximum Gasteiger partial charge on any atom is 0.334 e. The molecule has 0 aliphatic carbocycles. The van der Waals surface area contributed by atoms with E-state index < -0.39 is 0 Å². The summed E-state index contributed by atoms with van der Waals surface area (Å²) in [6, 6.07) is 17.1. The summed E-state index contributed by atoms with van der Waals surface area (Å²) in [6.45, 7) is 3.50. The molecule has 8 nitrogen and oxygen atoms in total. The van der Waals surface area contributed by atoms with Crippen molar-refractivity contribution in [3.63, 3.8) is 0 Å². The summed E-state index contributed by atoms with van der Waals surface area (Å²) in [7, 11) is 0. The molecule has 0 spiro atoms. The molecule has 2 aromatic heterocycles. The number of nitrogens with one attached hydrogen (secondary N) is 2. The summed E-state index contributed by atoms with van der Waals surface area (Å²) in [5.41, 5.74) is 4.65. The van der Waals surface area contributed by atoms with Gasteiger partial charge in [0.05, 0.1) is 17.0 Å². The standard InChI is InChI=1S/C21H19N5O3/c1-13(2)21(27)29-26-20-17-18(24-25-19(17)22-12-23-20)14-8-10-16(11-9-14)28-15-6-4-3-5-7-15/h3-13H,1-2H3,(H2,22,23,24,25,26). The number of fused-ring (bicyclic) bond motifs is 1. The Kier molecular flexibility index (Phi) is 5.07. The molecule has 0 radical (unpaired) electrons. The summed E-state index contributed by atoms with van der Waals surface area (Å²) in [5.74, 6) is 1.19. The number of rotatable bonds is 6. The van der Waals surface area contributed by atoms with Gasteiger partial charge in [0.15, 0.2) is 11.5 Å². The molecule has 0 aliphatic heterocycles. The highest BCUT2D eigenvalue weighted by atomic mass is 16.7. The van der Waals surface area contributed by atoms with E-state index in [4.69, 9.17) is 9.57 Å². The first-order valence-corrected chi connectivity index (χ1v) is 9.11. The van der Waals surface area contributed by atoms with E-state index >= 15 is 0 Å². The van der Waals surface area contributed by atoms with Crippen LogP contribution < -0.4 is 10.2 Å². The third kappa shape index (κ3) is 4.01. The molecule has 0 amide bonds. The van der Waals surface area contributed by atoms with Gasteiger partial charge in [-0.2, -0.15) is 10.6 Å². The molecule has 29 heavy (non-hydrogen) atoms. The minimum atomic E-state index is -0.385. The maximum absolute atomic E-state index is 11.8. The molecule has 0 fully saturated rings. The average Bonchev–Trinajstić information content (AvgIpc) is 3.18. The van der Waals surface area contributed by atoms with Gasteiger partial charge in [-0.15, -0.1) is 0 Å². The molecular weight excluding hydrogens is 370 g/mol. The van der Waals surface area contributed by atoms with E-state index in [2.05, 4.69) is 25.6 Å². The number of carbonyl (C=O) groups is 1. The number of benzene rings is 2. The lowest BCUT2D eigenvalue weighted by Crippen LogP contribution is -2.16. The zero-order valence-electron chi connectivity index (χ0n) is 15.9. The van der Waals surface area contributed by atoms with Crippen molar-refractivity contribution in [1.29, 1.82) is 0 Å². The molecule has 4 aromatic rings. The van der Waals surface area contributed by atoms with Crippen molar-refractivity contribution >= 4 is 22.8 Å². The number of H-pyrrole nitrogens is 1. The summed E-state index contributed by atoms with van der Waals surface area (Å²) < 4.78 is 5.83. The fraction of sp³-hybridized carbons (Fsp3) is 0.143. The van der Waals surface area contributed by atoms with Crippen molar-refractivity contribution in [3.8, 4) is 22.8 Å². The molecule has 0 saturated heterocycles. The van der Waals surface area contributed by atoms with Crippen molar-refractivity contribution in [2.24, 2.45) is 5.92 Å². The third-order valence-corrected chi connectivity index (χ3v) is 4.19. The number of para-hydroxylation sites is 1. The first kappa shape index (κ1) is 18.4. The van der Waals surface area contributed by atoms with Crippen LogP contribution in [-0.4, -0.2) is 26.1 Å². The minimum Gasteiger partial charge on any atom is -0.457 e. The number of anilines is 1. The van der Waals surface area contributed by atoms with Crippen LogP contribution in [0.5, 0.6) is 11.5 Å². The number of aromatic nitrogens is 4. The van der Waals surface area contributed by atoms with Crippen molar-refractivity contribution < 1.29 is 14.4 Å². The second-order valence-corrected chi connectivity index (χ2v) is 6.64. The SMILES string of the molecule is CC(C)C(=O)ONc1ncnc2n[nH]c(-c3ccc(Oc4ccccc4)cc3)c12. The molecule has 146 valence electrons. The van der Waals surface area contributed by atoms with E-state index in [0.717, 1.165) is 11.3 Å². The molecule has 0 aliphatic rings. The molecule has 0 saturated carbocycles. The van der Waals surface area contributed by atoms with E-state index in [1.807, 2.05) is 54.6 Å². The molecule has 0 unspecified atom stereocenters. The van der Waals surface area contributed by atoms with Crippen molar-refractivity contribution in [3.05, 3.63) is 60.9 Å². The van der Waals surface area contributed by atoms with Crippen molar-refractivity contribution in [1.82, 2.24) is 20.2 Å². The Labute approximate surface area is 166 Å². The van der Waals surface area contributed by atoms with Gasteiger partial charge < -0.3 is 9.57 Å². The molecule has 0 bridgehead atoms. The molecule has 2 aromatic carbocycles. The highest BCUT2D eigenvalue weighted by molar-refractivity contribution is 5.98. The van der Waals surface area contributed by atoms with E-state index in [9.17, 15) is 4.79 Å². The fourth-order valence-electron chi connectivity index (χ4n) is 2.67. The Morgan fingerprint density at radius 1 is 1.00 bits per heavy atom. The predicted molar refractivity (Wildman–Crippen MR) is 108 cm³/mol. The van der Waals surface area contributed by atoms with Gasteiger partial charge in [0.25, 0.3) is 0 Å². The first-order chi connectivity index (χ1) is 14.1. The van der Waals surface area contributed by atoms with Gasteiger partial charge in [-0.1, -0.05) is 32.0 Å². The second kappa shape index (κ2) is 7.97. The van der Waals surface area contributed by atoms with E-state index in [1.165, 1.54) is 6.33 Å². The van der Waals surface area contributed by atoms with Gasteiger partial charge >= 0.3 is 5.97 Å². The highest BCUT2D eigenvalue weighted by Crippen LogP contribution is 2.31. The van der Waals surface area contributed by atoms with Gasteiger partial charge in [-0.3, -0.25) is 5.10 Å². The predicted octanol–water partition coefficient (Wildman–Crippen LogP) is 4.34. The molecular formula is C21H19N5O3. The molecule has 8 heteroatoms. The Bertz CT molecular complexity index is 1120. The fourth-order valence-corrected chi connectivity index (χ4v) is 2.67. The Morgan fingerprint density at radius 3 is 2.45 bits per heavy atom. The number of ether oxygens (including phenoxy) is 1. The van der Waals surface area contributed by atoms with Gasteiger partial charge in [0.1, 0.15) is 17.8 Å². The number of aromatic amines is 1. The van der Waals surface area contributed by atoms with Crippen LogP contribution in [0.3, 0.4) is 0 Å². The zero-order valence-corrected chi connectivity index (χ0v) is 15.9. The van der Waals surface area contributed by atoms with Crippen molar-refractivity contribution in [2.45, 2.75) is 13.8 Å². The smallest absolute Gasteiger partial charge is 0.334 e. The number of nitrogens with zero attached hydrogens (tertiary/aromatic N) is 3. The van der Waals surface area contributed by atoms with Crippen LogP contribution in [0.15, 0.2) is 60.9 Å². The van der Waals surface area contributed by atoms with Gasteiger partial charge in [-0.25, -0.2) is 14.8 Å². The van der Waals surface area contributed by atoms with Crippen LogP contribution in [0.2, 0.25) is 0 Å². The van der Waals surface area contributed by atoms with Crippen LogP contribution in [0.4, 0.5) is 5.82 Å². The lowest BCUT2D eigenvalue weighted by atomic mass is 10.1. The number of hydrogen-bond acceptors (Lipinski definition) is 7. The first-order valence-electron chi connectivity index (χ1n) is 9.11. The molecule has 0 atom stereocenters. The van der Waals surface area contributed by atoms with E-state index in [-0.39, 0.29) is 11.9 Å². The van der Waals surface area contributed by atoms with Gasteiger partial charge in [-0.05, 0) is 36.4 Å². The van der Waals surface area contributed by atoms with Crippen LogP contribution in [-0.2, 0) is 9.63 Å². The summed E-state index contributed by atoms with van der Waals surface area (Å²) in [4.78, 5) is 25.2. The molecule has 4 rings (SSSR count). The summed E-state index contributed by atoms with van der Waals surface area (Å²) in [5, 5.41) is 7.82. The molecule has 2 heterocycles. The summed E-state index contributed by atoms with van der Waals surface area (Å²) in [6.07, 6.45) is 1.36. The lowest BCUT2D eigenvalue weighted by Gasteiger charge is -2.09. The van der Waals surface area contributed by atoms with Gasteiger partial charge in [0, 0.05) is 5.56 Å². The zero-order chi connectivity index (χ0) is 20.2. The Morgan fingerprint density at radius 2 is 1.72 bits per heavy atom. The molecule has 2 N–H and O–H groups in total. The third-order valence-electron chi connectivity index (χ3n) is 4.19. The monoisotopic (exact) mass is 389 g/mol. The lowest BCUT2D eigenvalue weighted by molar-refractivity contribution is -0.144. The van der Waals surface area contributed by atoms with Crippen molar-refractivity contribution in [2.75, 3.05) is 5.48 Å². The van der Waals surface area contributed by atoms with Crippen LogP contribution in [0.1, 0.15) is 13.8 Å². The number of carbonyl (C=O) groups excluding carboxylic acids is 1. The Balaban J connectivity index is 1.61. The Hall–Kier alpha value is -3.94. The van der Waals surface area contributed by atoms with Crippen LogP contribution >= 0.6 is 0 Å². The topological polar surface area (TPSA) is 102 Å². The van der Waals surface area contributed by atoms with Crippen LogP contribution in [0, 0.1) is 5.92 Å². The van der Waals surface area contributed by atoms with Gasteiger partial charge in [0.2, 0.25) is 0 Å². The van der Waals surface area contributed by atoms with Crippen LogP contribution in [0.25, 0.3) is 22.3 Å². The summed E-state index contributed by atoms with van der Waals surface area (Å²) >= 11 is 0. The number of hydrogen-bond donors (Lipinski definition) is 2. The van der Waals surface area contributed by atoms with E-state index in [1.54, 1.807) is 13.8 Å². The highest BCUT2D eigenvalue weighted by Gasteiger charge is 2.16. The van der Waals surface area contributed by atoms with E-state index in [0.29, 0.717) is 28.3 Å². The quantitative estimate of drug-likeness (QED) is 0.473. The largest absolute Gasteiger partial charge is 0.457 e.